The number of thiazole rings is 1. The molecule has 0 spiro atoms. The van der Waals surface area contributed by atoms with E-state index in [0.717, 1.165) is 16.2 Å². The third-order valence-corrected chi connectivity index (χ3v) is 7.17. The van der Waals surface area contributed by atoms with E-state index >= 15 is 0 Å². The Labute approximate surface area is 187 Å². The van der Waals surface area contributed by atoms with Crippen LogP contribution < -0.4 is 4.72 Å². The molecule has 32 heavy (non-hydrogen) atoms. The monoisotopic (exact) mass is 474 g/mol. The highest BCUT2D eigenvalue weighted by Crippen LogP contribution is 2.33. The molecule has 0 saturated heterocycles. The van der Waals surface area contributed by atoms with Crippen LogP contribution in [0, 0.1) is 13.8 Å². The average Bonchev–Trinajstić information content (AvgIpc) is 3.22. The van der Waals surface area contributed by atoms with E-state index in [4.69, 9.17) is 4.74 Å². The van der Waals surface area contributed by atoms with Crippen LogP contribution in [0.3, 0.4) is 0 Å². The molecule has 2 aromatic heterocycles. The average molecular weight is 475 g/mol. The first-order chi connectivity index (χ1) is 15.1. The molecule has 1 N–H and O–H groups in total. The van der Waals surface area contributed by atoms with E-state index in [0.29, 0.717) is 16.9 Å². The smallest absolute Gasteiger partial charge is 0.302 e. The highest BCUT2D eigenvalue weighted by molar-refractivity contribution is 7.93. The molecule has 1 aliphatic rings. The van der Waals surface area contributed by atoms with Gasteiger partial charge in [0.25, 0.3) is 21.8 Å². The molecule has 10 nitrogen and oxygen atoms in total. The fraction of sp³-hybridized carbons (Fsp3) is 0.250. The van der Waals surface area contributed by atoms with E-state index in [1.807, 2.05) is 0 Å². The second kappa shape index (κ2) is 7.95. The van der Waals surface area contributed by atoms with Gasteiger partial charge in [0.15, 0.2) is 5.13 Å². The minimum Gasteiger partial charge on any atom is -0.464 e. The van der Waals surface area contributed by atoms with Crippen LogP contribution in [0.1, 0.15) is 39.0 Å². The lowest BCUT2D eigenvalue weighted by atomic mass is 10.0. The zero-order valence-electron chi connectivity index (χ0n) is 17.3. The Morgan fingerprint density at radius 3 is 2.53 bits per heavy atom. The largest absolute Gasteiger partial charge is 0.464 e. The molecule has 0 saturated carbocycles. The first-order valence-corrected chi connectivity index (χ1v) is 11.8. The third-order valence-electron chi connectivity index (χ3n) is 4.83. The van der Waals surface area contributed by atoms with Gasteiger partial charge < -0.3 is 4.74 Å². The summed E-state index contributed by atoms with van der Waals surface area (Å²) in [4.78, 5) is 46.3. The summed E-state index contributed by atoms with van der Waals surface area (Å²) in [5.74, 6) is -1.68. The second-order valence-corrected chi connectivity index (χ2v) is 9.67. The fourth-order valence-electron chi connectivity index (χ4n) is 3.44. The maximum absolute atomic E-state index is 13.1. The van der Waals surface area contributed by atoms with E-state index in [1.165, 1.54) is 25.1 Å². The summed E-state index contributed by atoms with van der Waals surface area (Å²) in [5, 5.41) is 2.18. The number of imide groups is 1. The van der Waals surface area contributed by atoms with Crippen LogP contribution in [0.4, 0.5) is 5.13 Å². The van der Waals surface area contributed by atoms with Crippen molar-refractivity contribution in [1.82, 2.24) is 14.9 Å². The van der Waals surface area contributed by atoms with E-state index in [2.05, 4.69) is 14.7 Å². The number of benzene rings is 1. The molecular formula is C20H18N4O6S2. The predicted molar refractivity (Wildman–Crippen MR) is 116 cm³/mol. The maximum atomic E-state index is 13.1. The van der Waals surface area contributed by atoms with Gasteiger partial charge in [0.2, 0.25) is 0 Å². The van der Waals surface area contributed by atoms with Gasteiger partial charge in [-0.3, -0.25) is 29.0 Å². The number of esters is 1. The van der Waals surface area contributed by atoms with Crippen LogP contribution in [0.15, 0.2) is 28.5 Å². The van der Waals surface area contributed by atoms with Crippen LogP contribution in [-0.2, 0) is 19.6 Å². The summed E-state index contributed by atoms with van der Waals surface area (Å²) in [6, 6.07) is 4.19. The lowest BCUT2D eigenvalue weighted by molar-refractivity contribution is -0.141. The zero-order chi connectivity index (χ0) is 23.2. The second-order valence-electron chi connectivity index (χ2n) is 7.13. The molecule has 4 rings (SSSR count). The minimum atomic E-state index is -3.98. The Kier molecular flexibility index (Phi) is 5.42. The number of carbonyl (C=O) groups is 3. The number of nitrogens with zero attached hydrogens (tertiary/aromatic N) is 3. The predicted octanol–water partition coefficient (Wildman–Crippen LogP) is 2.27. The van der Waals surface area contributed by atoms with Crippen LogP contribution in [0.5, 0.6) is 0 Å². The van der Waals surface area contributed by atoms with Crippen molar-refractivity contribution >= 4 is 55.2 Å². The third kappa shape index (κ3) is 3.82. The highest BCUT2D eigenvalue weighted by atomic mass is 32.2. The number of nitrogens with one attached hydrogen (secondary N) is 1. The van der Waals surface area contributed by atoms with E-state index in [-0.39, 0.29) is 39.7 Å². The Morgan fingerprint density at radius 2 is 1.88 bits per heavy atom. The number of fused-ring (bicyclic) bond motifs is 3. The van der Waals surface area contributed by atoms with E-state index in [1.54, 1.807) is 19.2 Å². The molecule has 0 fully saturated rings. The van der Waals surface area contributed by atoms with Crippen molar-refractivity contribution in [3.63, 3.8) is 0 Å². The number of ether oxygens (including phenoxy) is 1. The lowest BCUT2D eigenvalue weighted by Gasteiger charge is -2.13. The topological polar surface area (TPSA) is 136 Å². The first kappa shape index (κ1) is 21.8. The van der Waals surface area contributed by atoms with Crippen LogP contribution in [0.25, 0.3) is 10.9 Å². The number of hydrogen-bond donors (Lipinski definition) is 1. The van der Waals surface area contributed by atoms with Gasteiger partial charge in [-0.25, -0.2) is 13.4 Å². The molecule has 166 valence electrons. The number of rotatable bonds is 6. The fourth-order valence-corrected chi connectivity index (χ4v) is 5.40. The Hall–Kier alpha value is -3.38. The van der Waals surface area contributed by atoms with Crippen molar-refractivity contribution in [2.75, 3.05) is 17.9 Å². The van der Waals surface area contributed by atoms with E-state index < -0.39 is 27.8 Å². The van der Waals surface area contributed by atoms with Gasteiger partial charge in [-0.15, -0.1) is 11.3 Å². The number of hydrogen-bond acceptors (Lipinski definition) is 9. The molecule has 0 radical (unpaired) electrons. The molecule has 0 aliphatic carbocycles. The summed E-state index contributed by atoms with van der Waals surface area (Å²) in [5.41, 5.74) is 1.62. The summed E-state index contributed by atoms with van der Waals surface area (Å²) in [6.07, 6.45) is 0. The van der Waals surface area contributed by atoms with Crippen molar-refractivity contribution < 1.29 is 27.5 Å². The van der Waals surface area contributed by atoms with Crippen LogP contribution in [0.2, 0.25) is 0 Å². The number of aryl methyl sites for hydroxylation is 2. The van der Waals surface area contributed by atoms with Gasteiger partial charge >= 0.3 is 5.97 Å². The quantitative estimate of drug-likeness (QED) is 0.424. The van der Waals surface area contributed by atoms with Gasteiger partial charge in [0.05, 0.1) is 39.5 Å². The van der Waals surface area contributed by atoms with Gasteiger partial charge in [-0.2, -0.15) is 0 Å². The Balaban J connectivity index is 1.76. The van der Waals surface area contributed by atoms with E-state index in [9.17, 15) is 22.8 Å². The van der Waals surface area contributed by atoms with Crippen LogP contribution >= 0.6 is 11.3 Å². The molecule has 0 atom stereocenters. The van der Waals surface area contributed by atoms with Crippen molar-refractivity contribution in [2.24, 2.45) is 0 Å². The van der Waals surface area contributed by atoms with Crippen LogP contribution in [-0.4, -0.2) is 54.2 Å². The Bertz CT molecular complexity index is 1400. The molecule has 1 aliphatic heterocycles. The number of sulfonamides is 1. The molecule has 3 heterocycles. The summed E-state index contributed by atoms with van der Waals surface area (Å²) in [6.45, 7) is 4.33. The highest BCUT2D eigenvalue weighted by Gasteiger charge is 2.39. The van der Waals surface area contributed by atoms with Crippen molar-refractivity contribution in [3.8, 4) is 0 Å². The maximum Gasteiger partial charge on any atom is 0.302 e. The van der Waals surface area contributed by atoms with Gasteiger partial charge in [-0.1, -0.05) is 0 Å². The summed E-state index contributed by atoms with van der Waals surface area (Å²) in [7, 11) is -3.98. The first-order valence-electron chi connectivity index (χ1n) is 9.47. The normalized spacial score (nSPS) is 13.5. The minimum absolute atomic E-state index is 0.0856. The molecule has 0 bridgehead atoms. The molecule has 3 aromatic rings. The van der Waals surface area contributed by atoms with Crippen molar-refractivity contribution in [2.45, 2.75) is 25.7 Å². The van der Waals surface area contributed by atoms with Gasteiger partial charge in [0.1, 0.15) is 6.61 Å². The lowest BCUT2D eigenvalue weighted by Crippen LogP contribution is -2.33. The number of aromatic nitrogens is 2. The van der Waals surface area contributed by atoms with Gasteiger partial charge in [-0.05, 0) is 32.0 Å². The number of anilines is 1. The molecule has 0 unspecified atom stereocenters. The molecule has 1 aromatic carbocycles. The number of carbonyl (C=O) groups excluding carboxylic acids is 3. The van der Waals surface area contributed by atoms with Crippen molar-refractivity contribution in [3.05, 3.63) is 46.1 Å². The SMILES string of the molecule is CC(=O)OCCN1C(=O)c2c(C)nc3ccc(S(=O)(=O)Nc4nc(C)cs4)cc3c2C1=O. The van der Waals surface area contributed by atoms with Gasteiger partial charge in [0, 0.05) is 17.7 Å². The molecule has 12 heteroatoms. The Morgan fingerprint density at radius 1 is 1.16 bits per heavy atom. The molecular weight excluding hydrogens is 456 g/mol. The number of amides is 2. The van der Waals surface area contributed by atoms with Crippen molar-refractivity contribution in [1.29, 1.82) is 0 Å². The molecule has 2 amide bonds. The number of pyridine rings is 1. The summed E-state index contributed by atoms with van der Waals surface area (Å²) >= 11 is 1.15. The zero-order valence-corrected chi connectivity index (χ0v) is 19.0. The summed E-state index contributed by atoms with van der Waals surface area (Å²) < 4.78 is 33.0. The standard InChI is InChI=1S/C20H18N4O6S2/c1-10-9-31-20(21-10)23-32(28,29)13-4-5-15-14(8-13)17-16(11(2)22-15)18(26)24(19(17)27)6-7-30-12(3)25/h4-5,8-9H,6-7H2,1-3H3,(H,21,23).